The van der Waals surface area contributed by atoms with Gasteiger partial charge in [0.2, 0.25) is 0 Å². The quantitative estimate of drug-likeness (QED) is 0.512. The van der Waals surface area contributed by atoms with Crippen LogP contribution in [-0.4, -0.2) is 5.25 Å². The third kappa shape index (κ3) is 5.68. The molecule has 17 heavy (non-hydrogen) atoms. The molecule has 102 valence electrons. The molecule has 0 nitrogen and oxygen atoms in total. The first kappa shape index (κ1) is 15.4. The second-order valence-corrected chi connectivity index (χ2v) is 7.13. The molecular formula is C16H32S. The Balaban J connectivity index is 2.08. The molecule has 0 aromatic heterocycles. The molecule has 1 fully saturated rings. The predicted octanol–water partition coefficient (Wildman–Crippen LogP) is 5.57. The Morgan fingerprint density at radius 2 is 1.88 bits per heavy atom. The van der Waals surface area contributed by atoms with Crippen LogP contribution in [0, 0.1) is 23.7 Å². The summed E-state index contributed by atoms with van der Waals surface area (Å²) in [6.07, 6.45) is 9.89. The first-order chi connectivity index (χ1) is 8.08. The number of thiol groups is 1. The molecule has 0 N–H and O–H groups in total. The molecule has 0 aromatic rings. The minimum atomic E-state index is 0.678. The second kappa shape index (κ2) is 7.71. The number of rotatable bonds is 9. The summed E-state index contributed by atoms with van der Waals surface area (Å²) in [7, 11) is 0. The van der Waals surface area contributed by atoms with Gasteiger partial charge >= 0.3 is 0 Å². The van der Waals surface area contributed by atoms with Crippen LogP contribution in [0.2, 0.25) is 0 Å². The maximum absolute atomic E-state index is 4.67. The molecule has 0 amide bonds. The number of hydrogen-bond donors (Lipinski definition) is 1. The standard InChI is InChI=1S/C16H32S/c1-5-13(10-12(3)4)8-7-9-14-11-15(14)16(17)6-2/h12-17H,5-11H2,1-4H3. The summed E-state index contributed by atoms with van der Waals surface area (Å²) in [4.78, 5) is 0. The molecule has 1 aliphatic rings. The SMILES string of the molecule is CCC(CCCC1CC1C(S)CC)CC(C)C. The van der Waals surface area contributed by atoms with Crippen molar-refractivity contribution in [3.8, 4) is 0 Å². The van der Waals surface area contributed by atoms with Crippen molar-refractivity contribution in [2.45, 2.75) is 77.9 Å². The van der Waals surface area contributed by atoms with Gasteiger partial charge < -0.3 is 0 Å². The predicted molar refractivity (Wildman–Crippen MR) is 81.7 cm³/mol. The van der Waals surface area contributed by atoms with E-state index in [1.54, 1.807) is 0 Å². The summed E-state index contributed by atoms with van der Waals surface area (Å²) in [6.45, 7) is 9.33. The van der Waals surface area contributed by atoms with Gasteiger partial charge in [0, 0.05) is 5.25 Å². The van der Waals surface area contributed by atoms with Crippen LogP contribution in [0.1, 0.15) is 72.6 Å². The van der Waals surface area contributed by atoms with Crippen molar-refractivity contribution in [2.75, 3.05) is 0 Å². The lowest BCUT2D eigenvalue weighted by Gasteiger charge is -2.17. The fourth-order valence-corrected chi connectivity index (χ4v) is 3.57. The summed E-state index contributed by atoms with van der Waals surface area (Å²) in [5, 5.41) is 0.678. The molecule has 4 atom stereocenters. The first-order valence-corrected chi connectivity index (χ1v) is 8.28. The molecule has 0 bridgehead atoms. The van der Waals surface area contributed by atoms with Gasteiger partial charge in [0.15, 0.2) is 0 Å². The maximum atomic E-state index is 4.67. The van der Waals surface area contributed by atoms with Crippen molar-refractivity contribution in [3.63, 3.8) is 0 Å². The van der Waals surface area contributed by atoms with E-state index in [0.29, 0.717) is 5.25 Å². The summed E-state index contributed by atoms with van der Waals surface area (Å²) >= 11 is 4.67. The Labute approximate surface area is 114 Å². The van der Waals surface area contributed by atoms with Crippen LogP contribution in [0.5, 0.6) is 0 Å². The Bertz CT molecular complexity index is 200. The third-order valence-corrected chi connectivity index (χ3v) is 5.21. The first-order valence-electron chi connectivity index (χ1n) is 7.76. The molecule has 0 heterocycles. The van der Waals surface area contributed by atoms with E-state index < -0.39 is 0 Å². The van der Waals surface area contributed by atoms with E-state index in [1.165, 1.54) is 44.9 Å². The summed E-state index contributed by atoms with van der Waals surface area (Å²) in [6, 6.07) is 0. The van der Waals surface area contributed by atoms with Crippen LogP contribution >= 0.6 is 12.6 Å². The lowest BCUT2D eigenvalue weighted by molar-refractivity contribution is 0.359. The Morgan fingerprint density at radius 3 is 2.41 bits per heavy atom. The lowest BCUT2D eigenvalue weighted by atomic mass is 9.90. The second-order valence-electron chi connectivity index (χ2n) is 6.47. The van der Waals surface area contributed by atoms with Crippen molar-refractivity contribution in [1.82, 2.24) is 0 Å². The van der Waals surface area contributed by atoms with Crippen LogP contribution in [0.4, 0.5) is 0 Å². The van der Waals surface area contributed by atoms with E-state index in [4.69, 9.17) is 0 Å². The highest BCUT2D eigenvalue weighted by Gasteiger charge is 2.39. The molecule has 0 saturated heterocycles. The van der Waals surface area contributed by atoms with E-state index >= 15 is 0 Å². The van der Waals surface area contributed by atoms with Gasteiger partial charge in [-0.1, -0.05) is 53.4 Å². The fraction of sp³-hybridized carbons (Fsp3) is 1.00. The Hall–Kier alpha value is 0.350. The van der Waals surface area contributed by atoms with Crippen molar-refractivity contribution in [2.24, 2.45) is 23.7 Å². The van der Waals surface area contributed by atoms with Gasteiger partial charge in [0.25, 0.3) is 0 Å². The average molecular weight is 256 g/mol. The minimum Gasteiger partial charge on any atom is -0.176 e. The van der Waals surface area contributed by atoms with Gasteiger partial charge in [-0.25, -0.2) is 0 Å². The molecule has 1 heteroatoms. The fourth-order valence-electron chi connectivity index (χ4n) is 3.20. The topological polar surface area (TPSA) is 0 Å². The van der Waals surface area contributed by atoms with E-state index in [-0.39, 0.29) is 0 Å². The summed E-state index contributed by atoms with van der Waals surface area (Å²) in [5.74, 6) is 3.82. The van der Waals surface area contributed by atoms with Crippen molar-refractivity contribution < 1.29 is 0 Å². The largest absolute Gasteiger partial charge is 0.176 e. The van der Waals surface area contributed by atoms with Crippen molar-refractivity contribution in [1.29, 1.82) is 0 Å². The Morgan fingerprint density at radius 1 is 1.18 bits per heavy atom. The molecule has 1 rings (SSSR count). The van der Waals surface area contributed by atoms with Crippen LogP contribution in [-0.2, 0) is 0 Å². The van der Waals surface area contributed by atoms with Gasteiger partial charge in [-0.05, 0) is 42.9 Å². The molecular weight excluding hydrogens is 224 g/mol. The molecule has 0 aliphatic heterocycles. The highest BCUT2D eigenvalue weighted by Crippen LogP contribution is 2.47. The molecule has 0 aromatic carbocycles. The van der Waals surface area contributed by atoms with E-state index in [9.17, 15) is 0 Å². The van der Waals surface area contributed by atoms with E-state index in [2.05, 4.69) is 40.3 Å². The molecule has 1 aliphatic carbocycles. The maximum Gasteiger partial charge on any atom is 0.00452 e. The molecule has 1 saturated carbocycles. The normalized spacial score (nSPS) is 27.2. The van der Waals surface area contributed by atoms with Crippen LogP contribution in [0.25, 0.3) is 0 Å². The minimum absolute atomic E-state index is 0.678. The van der Waals surface area contributed by atoms with Gasteiger partial charge in [0.05, 0.1) is 0 Å². The highest BCUT2D eigenvalue weighted by molar-refractivity contribution is 7.81. The zero-order chi connectivity index (χ0) is 12.8. The smallest absolute Gasteiger partial charge is 0.00452 e. The van der Waals surface area contributed by atoms with Crippen molar-refractivity contribution >= 4 is 12.6 Å². The van der Waals surface area contributed by atoms with Crippen molar-refractivity contribution in [3.05, 3.63) is 0 Å². The van der Waals surface area contributed by atoms with E-state index in [0.717, 1.165) is 23.7 Å². The summed E-state index contributed by atoms with van der Waals surface area (Å²) < 4.78 is 0. The Kier molecular flexibility index (Phi) is 6.99. The zero-order valence-corrected chi connectivity index (χ0v) is 13.2. The molecule has 0 radical (unpaired) electrons. The van der Waals surface area contributed by atoms with Crippen LogP contribution in [0.15, 0.2) is 0 Å². The van der Waals surface area contributed by atoms with Crippen LogP contribution in [0.3, 0.4) is 0 Å². The lowest BCUT2D eigenvalue weighted by Crippen LogP contribution is -2.04. The molecule has 4 unspecified atom stereocenters. The van der Waals surface area contributed by atoms with Gasteiger partial charge in [-0.2, -0.15) is 12.6 Å². The molecule has 0 spiro atoms. The monoisotopic (exact) mass is 256 g/mol. The average Bonchev–Trinajstić information content (AvgIpc) is 3.05. The zero-order valence-electron chi connectivity index (χ0n) is 12.3. The highest BCUT2D eigenvalue weighted by atomic mass is 32.1. The van der Waals surface area contributed by atoms with Gasteiger partial charge in [0.1, 0.15) is 0 Å². The van der Waals surface area contributed by atoms with E-state index in [1.807, 2.05) is 0 Å². The van der Waals surface area contributed by atoms with Crippen LogP contribution < -0.4 is 0 Å². The van der Waals surface area contributed by atoms with Gasteiger partial charge in [-0.15, -0.1) is 0 Å². The van der Waals surface area contributed by atoms with Gasteiger partial charge in [-0.3, -0.25) is 0 Å². The summed E-state index contributed by atoms with van der Waals surface area (Å²) in [5.41, 5.74) is 0. The third-order valence-electron chi connectivity index (χ3n) is 4.46. The number of hydrogen-bond acceptors (Lipinski definition) is 1.